The van der Waals surface area contributed by atoms with E-state index in [0.29, 0.717) is 11.7 Å². The molecular formula is C14H19NO. The molecule has 0 spiro atoms. The second-order valence-electron chi connectivity index (χ2n) is 4.74. The van der Waals surface area contributed by atoms with Crippen LogP contribution < -0.4 is 0 Å². The predicted molar refractivity (Wildman–Crippen MR) is 65.6 cm³/mol. The van der Waals surface area contributed by atoms with Crippen molar-refractivity contribution >= 4 is 5.78 Å². The largest absolute Gasteiger partial charge is 0.306 e. The Bertz CT molecular complexity index is 339. The molecule has 1 fully saturated rings. The van der Waals surface area contributed by atoms with Crippen molar-refractivity contribution in [1.29, 1.82) is 0 Å². The zero-order chi connectivity index (χ0) is 11.4. The monoisotopic (exact) mass is 217 g/mol. The van der Waals surface area contributed by atoms with E-state index in [4.69, 9.17) is 0 Å². The third-order valence-corrected chi connectivity index (χ3v) is 3.41. The Balaban J connectivity index is 1.88. The molecule has 2 heteroatoms. The van der Waals surface area contributed by atoms with E-state index in [0.717, 1.165) is 37.9 Å². The molecule has 1 aromatic rings. The summed E-state index contributed by atoms with van der Waals surface area (Å²) in [6.07, 6.45) is 3.04. The average Bonchev–Trinajstić information content (AvgIpc) is 2.33. The number of nitrogens with zero attached hydrogens (tertiary/aromatic N) is 1. The highest BCUT2D eigenvalue weighted by Crippen LogP contribution is 2.21. The van der Waals surface area contributed by atoms with Gasteiger partial charge in [-0.2, -0.15) is 0 Å². The Morgan fingerprint density at radius 3 is 2.50 bits per heavy atom. The van der Waals surface area contributed by atoms with Crippen LogP contribution in [0.2, 0.25) is 0 Å². The van der Waals surface area contributed by atoms with Crippen LogP contribution in [-0.4, -0.2) is 30.8 Å². The number of Topliss-reactive ketones (excluding diaryl/α,β-unsaturated/α-hetero) is 1. The maximum Gasteiger partial charge on any atom is 0.163 e. The summed E-state index contributed by atoms with van der Waals surface area (Å²) in [5.74, 6) is 0.888. The van der Waals surface area contributed by atoms with Gasteiger partial charge in [0.05, 0.1) is 0 Å². The zero-order valence-electron chi connectivity index (χ0n) is 9.86. The lowest BCUT2D eigenvalue weighted by Crippen LogP contribution is -2.31. The molecule has 0 radical (unpaired) electrons. The number of hydrogen-bond donors (Lipinski definition) is 0. The van der Waals surface area contributed by atoms with Gasteiger partial charge in [0.25, 0.3) is 0 Å². The van der Waals surface area contributed by atoms with Crippen molar-refractivity contribution < 1.29 is 4.79 Å². The van der Waals surface area contributed by atoms with Gasteiger partial charge in [-0.05, 0) is 38.9 Å². The normalized spacial score (nSPS) is 18.6. The molecule has 0 unspecified atom stereocenters. The van der Waals surface area contributed by atoms with Crippen molar-refractivity contribution in [1.82, 2.24) is 4.90 Å². The highest BCUT2D eigenvalue weighted by molar-refractivity contribution is 5.96. The Labute approximate surface area is 97.3 Å². The molecule has 2 nitrogen and oxygen atoms in total. The van der Waals surface area contributed by atoms with Crippen LogP contribution >= 0.6 is 0 Å². The summed E-state index contributed by atoms with van der Waals surface area (Å²) in [5.41, 5.74) is 0.862. The van der Waals surface area contributed by atoms with E-state index in [2.05, 4.69) is 11.9 Å². The first-order chi connectivity index (χ1) is 7.75. The second kappa shape index (κ2) is 5.26. The van der Waals surface area contributed by atoms with Gasteiger partial charge in [0.15, 0.2) is 5.78 Å². The minimum absolute atomic E-state index is 0.301. The smallest absolute Gasteiger partial charge is 0.163 e. The van der Waals surface area contributed by atoms with Crippen molar-refractivity contribution in [2.45, 2.75) is 19.3 Å². The van der Waals surface area contributed by atoms with Gasteiger partial charge in [-0.15, -0.1) is 0 Å². The molecule has 86 valence electrons. The van der Waals surface area contributed by atoms with Gasteiger partial charge in [0, 0.05) is 12.0 Å². The fourth-order valence-corrected chi connectivity index (χ4v) is 2.27. The number of rotatable bonds is 3. The molecule has 0 saturated carbocycles. The van der Waals surface area contributed by atoms with Crippen LogP contribution in [0.3, 0.4) is 0 Å². The molecule has 0 atom stereocenters. The number of carbonyl (C=O) groups is 1. The van der Waals surface area contributed by atoms with Crippen LogP contribution in [0.1, 0.15) is 29.6 Å². The molecular weight excluding hydrogens is 198 g/mol. The van der Waals surface area contributed by atoms with Gasteiger partial charge in [-0.25, -0.2) is 0 Å². The molecule has 0 N–H and O–H groups in total. The summed E-state index contributed by atoms with van der Waals surface area (Å²) in [7, 11) is 2.15. The number of hydrogen-bond acceptors (Lipinski definition) is 2. The summed E-state index contributed by atoms with van der Waals surface area (Å²) in [5, 5.41) is 0. The standard InChI is InChI=1S/C14H19NO/c1-15-9-7-12(8-10-15)11-14(16)13-5-3-2-4-6-13/h2-6,12H,7-11H2,1H3. The van der Waals surface area contributed by atoms with Crippen LogP contribution in [0, 0.1) is 5.92 Å². The van der Waals surface area contributed by atoms with Crippen molar-refractivity contribution in [2.24, 2.45) is 5.92 Å². The Kier molecular flexibility index (Phi) is 3.73. The average molecular weight is 217 g/mol. The Hall–Kier alpha value is -1.15. The fraction of sp³-hybridized carbons (Fsp3) is 0.500. The van der Waals surface area contributed by atoms with E-state index in [1.807, 2.05) is 30.3 Å². The van der Waals surface area contributed by atoms with E-state index in [1.165, 1.54) is 0 Å². The molecule has 1 aliphatic rings. The quantitative estimate of drug-likeness (QED) is 0.725. The number of piperidine rings is 1. The van der Waals surface area contributed by atoms with Gasteiger partial charge in [-0.3, -0.25) is 4.79 Å². The highest BCUT2D eigenvalue weighted by atomic mass is 16.1. The van der Waals surface area contributed by atoms with Crippen LogP contribution in [0.15, 0.2) is 30.3 Å². The minimum atomic E-state index is 0.301. The van der Waals surface area contributed by atoms with Crippen molar-refractivity contribution in [3.63, 3.8) is 0 Å². The highest BCUT2D eigenvalue weighted by Gasteiger charge is 2.19. The molecule has 2 rings (SSSR count). The Morgan fingerprint density at radius 2 is 1.88 bits per heavy atom. The first-order valence-corrected chi connectivity index (χ1v) is 6.02. The van der Waals surface area contributed by atoms with Crippen LogP contribution in [0.5, 0.6) is 0 Å². The lowest BCUT2D eigenvalue weighted by atomic mass is 9.90. The third kappa shape index (κ3) is 2.92. The SMILES string of the molecule is CN1CCC(CC(=O)c2ccccc2)CC1. The molecule has 0 bridgehead atoms. The van der Waals surface area contributed by atoms with Gasteiger partial charge in [0.2, 0.25) is 0 Å². The second-order valence-corrected chi connectivity index (χ2v) is 4.74. The van der Waals surface area contributed by atoms with E-state index in [-0.39, 0.29) is 0 Å². The molecule has 1 saturated heterocycles. The lowest BCUT2D eigenvalue weighted by Gasteiger charge is -2.28. The first kappa shape index (κ1) is 11.3. The molecule has 1 aliphatic heterocycles. The molecule has 0 amide bonds. The number of ketones is 1. The number of benzene rings is 1. The molecule has 0 aromatic heterocycles. The van der Waals surface area contributed by atoms with E-state index in [1.54, 1.807) is 0 Å². The summed E-state index contributed by atoms with van der Waals surface area (Å²) in [6, 6.07) is 9.64. The van der Waals surface area contributed by atoms with Crippen LogP contribution in [-0.2, 0) is 0 Å². The fourth-order valence-electron chi connectivity index (χ4n) is 2.27. The van der Waals surface area contributed by atoms with Crippen molar-refractivity contribution in [3.05, 3.63) is 35.9 Å². The summed E-state index contributed by atoms with van der Waals surface area (Å²) in [6.45, 7) is 2.26. The lowest BCUT2D eigenvalue weighted by molar-refractivity contribution is 0.0936. The van der Waals surface area contributed by atoms with Crippen molar-refractivity contribution in [3.8, 4) is 0 Å². The molecule has 1 aromatic carbocycles. The predicted octanol–water partition coefficient (Wildman–Crippen LogP) is 2.60. The van der Waals surface area contributed by atoms with E-state index >= 15 is 0 Å². The molecule has 1 heterocycles. The maximum absolute atomic E-state index is 12.0. The first-order valence-electron chi connectivity index (χ1n) is 6.02. The number of likely N-dealkylation sites (tertiary alicyclic amines) is 1. The van der Waals surface area contributed by atoms with Crippen LogP contribution in [0.25, 0.3) is 0 Å². The summed E-state index contributed by atoms with van der Waals surface area (Å²) >= 11 is 0. The maximum atomic E-state index is 12.0. The van der Waals surface area contributed by atoms with Gasteiger partial charge in [-0.1, -0.05) is 30.3 Å². The van der Waals surface area contributed by atoms with E-state index < -0.39 is 0 Å². The van der Waals surface area contributed by atoms with Crippen molar-refractivity contribution in [2.75, 3.05) is 20.1 Å². The summed E-state index contributed by atoms with van der Waals surface area (Å²) in [4.78, 5) is 14.3. The minimum Gasteiger partial charge on any atom is -0.306 e. The van der Waals surface area contributed by atoms with Gasteiger partial charge in [0.1, 0.15) is 0 Å². The third-order valence-electron chi connectivity index (χ3n) is 3.41. The van der Waals surface area contributed by atoms with Gasteiger partial charge >= 0.3 is 0 Å². The number of carbonyl (C=O) groups excluding carboxylic acids is 1. The van der Waals surface area contributed by atoms with Crippen LogP contribution in [0.4, 0.5) is 0 Å². The topological polar surface area (TPSA) is 20.3 Å². The van der Waals surface area contributed by atoms with E-state index in [9.17, 15) is 4.79 Å². The molecule has 16 heavy (non-hydrogen) atoms. The van der Waals surface area contributed by atoms with Gasteiger partial charge < -0.3 is 4.90 Å². The zero-order valence-corrected chi connectivity index (χ0v) is 9.86. The summed E-state index contributed by atoms with van der Waals surface area (Å²) < 4.78 is 0. The Morgan fingerprint density at radius 1 is 1.25 bits per heavy atom. The molecule has 0 aliphatic carbocycles.